The molecule has 192 valence electrons. The Morgan fingerprint density at radius 2 is 2.17 bits per heavy atom. The van der Waals surface area contributed by atoms with Gasteiger partial charge in [-0.15, -0.1) is 11.3 Å². The summed E-state index contributed by atoms with van der Waals surface area (Å²) in [5.74, 6) is 1.28. The van der Waals surface area contributed by atoms with Gasteiger partial charge in [-0.05, 0) is 118 Å². The lowest BCUT2D eigenvalue weighted by Gasteiger charge is -2.54. The maximum atomic E-state index is 12.8. The second-order valence-electron chi connectivity index (χ2n) is 11.1. The van der Waals surface area contributed by atoms with Crippen molar-refractivity contribution in [2.24, 2.45) is 23.2 Å². The van der Waals surface area contributed by atoms with Crippen LogP contribution in [-0.2, 0) is 11.2 Å². The minimum Gasteiger partial charge on any atom is -0.506 e. The van der Waals surface area contributed by atoms with Crippen LogP contribution in [0.15, 0.2) is 21.2 Å². The minimum absolute atomic E-state index is 0.0496. The van der Waals surface area contributed by atoms with Crippen LogP contribution in [0.3, 0.4) is 0 Å². The average molecular weight is 637 g/mol. The first-order valence-electron chi connectivity index (χ1n) is 12.6. The molecule has 3 unspecified atom stereocenters. The van der Waals surface area contributed by atoms with Crippen molar-refractivity contribution in [1.82, 2.24) is 4.98 Å². The number of nitrogens with zero attached hydrogens (tertiary/aromatic N) is 2. The third-order valence-electron chi connectivity index (χ3n) is 9.30. The number of aromatic nitrogens is 1. The molecule has 2 saturated carbocycles. The molecule has 1 amide bonds. The number of carbonyl (C=O) groups excluding carboxylic acids is 1. The summed E-state index contributed by atoms with van der Waals surface area (Å²) in [5.41, 5.74) is 1.05. The van der Waals surface area contributed by atoms with Crippen molar-refractivity contribution in [1.29, 1.82) is 5.26 Å². The van der Waals surface area contributed by atoms with E-state index in [-0.39, 0.29) is 35.3 Å². The number of aliphatic hydroxyl groups is 1. The van der Waals surface area contributed by atoms with E-state index in [2.05, 4.69) is 61.2 Å². The quantitative estimate of drug-likeness (QED) is 0.334. The van der Waals surface area contributed by atoms with Crippen LogP contribution in [0.2, 0.25) is 0 Å². The maximum absolute atomic E-state index is 12.8. The molecule has 0 bridgehead atoms. The molecule has 3 aliphatic rings. The largest absolute Gasteiger partial charge is 0.506 e. The van der Waals surface area contributed by atoms with E-state index in [0.717, 1.165) is 35.0 Å². The van der Waals surface area contributed by atoms with Crippen molar-refractivity contribution in [2.75, 3.05) is 5.32 Å². The lowest BCUT2D eigenvalue weighted by atomic mass is 9.52. The maximum Gasteiger partial charge on any atom is 0.226 e. The van der Waals surface area contributed by atoms with Crippen molar-refractivity contribution in [2.45, 2.75) is 76.7 Å². The number of nitrogens with one attached hydrogen (secondary N) is 1. The first-order chi connectivity index (χ1) is 17.1. The number of rotatable bonds is 5. The molecule has 0 radical (unpaired) electrons. The van der Waals surface area contributed by atoms with Gasteiger partial charge in [-0.1, -0.05) is 6.92 Å². The summed E-state index contributed by atoms with van der Waals surface area (Å²) in [7, 11) is 0. The van der Waals surface area contributed by atoms with Crippen LogP contribution in [0.25, 0.3) is 0 Å². The van der Waals surface area contributed by atoms with Gasteiger partial charge >= 0.3 is 0 Å². The van der Waals surface area contributed by atoms with Crippen molar-refractivity contribution < 1.29 is 15.0 Å². The Kier molecular flexibility index (Phi) is 7.03. The fourth-order valence-corrected chi connectivity index (χ4v) is 9.72. The first-order valence-corrected chi connectivity index (χ1v) is 15.0. The van der Waals surface area contributed by atoms with Crippen LogP contribution in [-0.4, -0.2) is 26.7 Å². The zero-order chi connectivity index (χ0) is 25.8. The molecule has 1 heterocycles. The molecule has 36 heavy (non-hydrogen) atoms. The third kappa shape index (κ3) is 4.22. The summed E-state index contributed by atoms with van der Waals surface area (Å²) in [6, 6.07) is 4.33. The van der Waals surface area contributed by atoms with Gasteiger partial charge in [0.05, 0.1) is 27.0 Å². The zero-order valence-corrected chi connectivity index (χ0v) is 24.5. The van der Waals surface area contributed by atoms with E-state index in [1.807, 2.05) is 6.92 Å². The number of aryl methyl sites for hydroxylation is 1. The van der Waals surface area contributed by atoms with Crippen LogP contribution in [0.1, 0.15) is 73.8 Å². The predicted molar refractivity (Wildman–Crippen MR) is 147 cm³/mol. The molecule has 1 aromatic heterocycles. The van der Waals surface area contributed by atoms with Gasteiger partial charge in [0.15, 0.2) is 5.13 Å². The molecule has 9 heteroatoms. The Bertz CT molecular complexity index is 1240. The van der Waals surface area contributed by atoms with E-state index in [9.17, 15) is 20.3 Å². The molecule has 6 atom stereocenters. The highest BCUT2D eigenvalue weighted by Crippen LogP contribution is 2.68. The second-order valence-corrected chi connectivity index (χ2v) is 14.0. The normalized spacial score (nSPS) is 32.8. The summed E-state index contributed by atoms with van der Waals surface area (Å²) >= 11 is 8.60. The van der Waals surface area contributed by atoms with Crippen LogP contribution < -0.4 is 5.32 Å². The van der Waals surface area contributed by atoms with E-state index < -0.39 is 5.60 Å². The van der Waals surface area contributed by atoms with Crippen molar-refractivity contribution >= 4 is 54.2 Å². The van der Waals surface area contributed by atoms with Crippen LogP contribution in [0.4, 0.5) is 5.13 Å². The summed E-state index contributed by atoms with van der Waals surface area (Å²) in [6.07, 6.45) is 7.11. The molecule has 3 N–H and O–H groups in total. The SMILES string of the molecule is Cc1cnc(NC(=O)CC[C@@H]2C[C@](O)(CC#N)[C@@]3(C)CCC4c5cc(Br)c(O)c(Br)c5CCC4C23)s1. The summed E-state index contributed by atoms with van der Waals surface area (Å²) in [4.78, 5) is 18.1. The lowest BCUT2D eigenvalue weighted by Crippen LogP contribution is -2.51. The summed E-state index contributed by atoms with van der Waals surface area (Å²) in [5, 5.41) is 35.4. The first kappa shape index (κ1) is 26.1. The lowest BCUT2D eigenvalue weighted by molar-refractivity contribution is -0.116. The van der Waals surface area contributed by atoms with E-state index in [1.165, 1.54) is 22.5 Å². The number of fused-ring (bicyclic) bond motifs is 5. The Hall–Kier alpha value is -1.47. The Morgan fingerprint density at radius 1 is 1.39 bits per heavy atom. The fourth-order valence-electron chi connectivity index (χ4n) is 7.69. The Balaban J connectivity index is 1.43. The number of hydrogen-bond acceptors (Lipinski definition) is 6. The zero-order valence-electron chi connectivity index (χ0n) is 20.5. The predicted octanol–water partition coefficient (Wildman–Crippen LogP) is 6.83. The van der Waals surface area contributed by atoms with Gasteiger partial charge in [0, 0.05) is 22.9 Å². The highest BCUT2D eigenvalue weighted by atomic mass is 79.9. The topological polar surface area (TPSA) is 106 Å². The molecule has 2 aromatic rings. The number of nitriles is 1. The molecule has 0 spiro atoms. The summed E-state index contributed by atoms with van der Waals surface area (Å²) in [6.45, 7) is 4.14. The van der Waals surface area contributed by atoms with E-state index in [1.54, 1.807) is 6.20 Å². The minimum atomic E-state index is -1.04. The number of hydrogen-bond donors (Lipinski definition) is 3. The molecular weight excluding hydrogens is 606 g/mol. The number of phenolic OH excluding ortho intramolecular Hbond substituents is 1. The fraction of sp³-hybridized carbons (Fsp3) is 0.593. The molecule has 2 fully saturated rings. The number of amides is 1. The molecular formula is C27H31Br2N3O3S. The third-order valence-corrected chi connectivity index (χ3v) is 11.6. The molecule has 0 aliphatic heterocycles. The van der Waals surface area contributed by atoms with Crippen molar-refractivity contribution in [3.63, 3.8) is 0 Å². The highest BCUT2D eigenvalue weighted by molar-refractivity contribution is 9.11. The highest BCUT2D eigenvalue weighted by Gasteiger charge is 2.64. The van der Waals surface area contributed by atoms with Gasteiger partial charge in [-0.25, -0.2) is 4.98 Å². The van der Waals surface area contributed by atoms with Gasteiger partial charge in [0.2, 0.25) is 5.91 Å². The van der Waals surface area contributed by atoms with Gasteiger partial charge in [-0.2, -0.15) is 5.26 Å². The smallest absolute Gasteiger partial charge is 0.226 e. The average Bonchev–Trinajstić information content (AvgIpc) is 3.33. The number of aromatic hydroxyl groups is 1. The number of benzene rings is 1. The number of carbonyl (C=O) groups is 1. The number of anilines is 1. The Labute approximate surface area is 232 Å². The molecule has 0 saturated heterocycles. The van der Waals surface area contributed by atoms with Gasteiger partial charge < -0.3 is 15.5 Å². The standard InChI is InChI=1S/C27H31Br2N3O3S/c1-14-13-31-25(36-14)32-21(33)6-3-15-12-27(35,9-10-30)26(2)8-7-16-17(22(15)26)4-5-18-19(16)11-20(28)24(34)23(18)29/h11,13,15-17,22,34-35H,3-9,12H2,1-2H3,(H,31,32,33)/t15-,16?,17?,22?,26+,27-/m1/s1. The van der Waals surface area contributed by atoms with Crippen LogP contribution in [0.5, 0.6) is 5.75 Å². The van der Waals surface area contributed by atoms with Gasteiger partial charge in [0.1, 0.15) is 5.75 Å². The monoisotopic (exact) mass is 635 g/mol. The van der Waals surface area contributed by atoms with Crippen LogP contribution >= 0.6 is 43.2 Å². The number of halogens is 2. The van der Waals surface area contributed by atoms with Gasteiger partial charge in [-0.3, -0.25) is 4.79 Å². The Morgan fingerprint density at radius 3 is 2.86 bits per heavy atom. The summed E-state index contributed by atoms with van der Waals surface area (Å²) < 4.78 is 1.47. The van der Waals surface area contributed by atoms with Crippen LogP contribution in [0, 0.1) is 41.4 Å². The molecule has 1 aromatic carbocycles. The number of thiazole rings is 1. The van der Waals surface area contributed by atoms with Crippen molar-refractivity contribution in [3.05, 3.63) is 37.2 Å². The van der Waals surface area contributed by atoms with Gasteiger partial charge in [0.25, 0.3) is 0 Å². The molecule has 3 aliphatic carbocycles. The molecule has 5 rings (SSSR count). The number of phenols is 1. The van der Waals surface area contributed by atoms with E-state index in [4.69, 9.17) is 0 Å². The second kappa shape index (κ2) is 9.68. The molecule has 6 nitrogen and oxygen atoms in total. The van der Waals surface area contributed by atoms with E-state index >= 15 is 0 Å². The van der Waals surface area contributed by atoms with E-state index in [0.29, 0.717) is 40.7 Å². The van der Waals surface area contributed by atoms with Crippen molar-refractivity contribution in [3.8, 4) is 11.8 Å².